The van der Waals surface area contributed by atoms with Gasteiger partial charge in [0, 0.05) is 6.07 Å². The van der Waals surface area contributed by atoms with Crippen molar-refractivity contribution in [2.24, 2.45) is 0 Å². The highest BCUT2D eigenvalue weighted by Gasteiger charge is 2.11. The van der Waals surface area contributed by atoms with E-state index >= 15 is 0 Å². The van der Waals surface area contributed by atoms with E-state index in [1.165, 1.54) is 0 Å². The van der Waals surface area contributed by atoms with Crippen molar-refractivity contribution >= 4 is 5.97 Å². The van der Waals surface area contributed by atoms with Gasteiger partial charge < -0.3 is 9.72 Å². The van der Waals surface area contributed by atoms with Crippen LogP contribution in [0.5, 0.6) is 0 Å². The maximum absolute atomic E-state index is 12.3. The van der Waals surface area contributed by atoms with Crippen LogP contribution in [0.25, 0.3) is 0 Å². The van der Waals surface area contributed by atoms with E-state index in [-0.39, 0.29) is 18.6 Å². The molecule has 0 fully saturated rings. The van der Waals surface area contributed by atoms with E-state index in [2.05, 4.69) is 4.74 Å². The molecule has 1 rings (SSSR count). The average molecular weight is 231 g/mol. The molecule has 0 aliphatic rings. The summed E-state index contributed by atoms with van der Waals surface area (Å²) in [5.41, 5.74) is -0.929. The number of halogens is 2. The van der Waals surface area contributed by atoms with Gasteiger partial charge in [0.1, 0.15) is 0 Å². The Hall–Kier alpha value is -1.72. The van der Waals surface area contributed by atoms with Gasteiger partial charge in [-0.1, -0.05) is 0 Å². The maximum Gasteiger partial charge on any atom is 0.310 e. The summed E-state index contributed by atoms with van der Waals surface area (Å²) in [5.74, 6) is -0.548. The highest BCUT2D eigenvalue weighted by Crippen LogP contribution is 2.15. The second-order valence-electron chi connectivity index (χ2n) is 3.09. The molecule has 0 unspecified atom stereocenters. The molecule has 0 aliphatic carbocycles. The molecule has 0 amide bonds. The monoisotopic (exact) mass is 231 g/mol. The molecule has 0 aliphatic heterocycles. The van der Waals surface area contributed by atoms with E-state index in [0.29, 0.717) is 0 Å². The molecule has 16 heavy (non-hydrogen) atoms. The van der Waals surface area contributed by atoms with Crippen LogP contribution < -0.4 is 5.56 Å². The van der Waals surface area contributed by atoms with Gasteiger partial charge in [0.15, 0.2) is 0 Å². The highest BCUT2D eigenvalue weighted by molar-refractivity contribution is 5.72. The molecule has 1 aromatic rings. The van der Waals surface area contributed by atoms with Crippen LogP contribution in [0.2, 0.25) is 0 Å². The van der Waals surface area contributed by atoms with E-state index in [1.54, 1.807) is 6.92 Å². The van der Waals surface area contributed by atoms with E-state index in [1.807, 2.05) is 4.98 Å². The smallest absolute Gasteiger partial charge is 0.310 e. The van der Waals surface area contributed by atoms with Crippen molar-refractivity contribution in [3.05, 3.63) is 33.7 Å². The van der Waals surface area contributed by atoms with Gasteiger partial charge in [-0.05, 0) is 18.6 Å². The molecule has 1 heterocycles. The molecule has 0 radical (unpaired) electrons. The summed E-state index contributed by atoms with van der Waals surface area (Å²) >= 11 is 0. The number of hydrogen-bond acceptors (Lipinski definition) is 3. The van der Waals surface area contributed by atoms with Crippen molar-refractivity contribution in [1.29, 1.82) is 0 Å². The van der Waals surface area contributed by atoms with Crippen molar-refractivity contribution in [3.63, 3.8) is 0 Å². The van der Waals surface area contributed by atoms with Crippen LogP contribution >= 0.6 is 0 Å². The molecule has 1 N–H and O–H groups in total. The number of aromatic amines is 1. The summed E-state index contributed by atoms with van der Waals surface area (Å²) < 4.78 is 29.3. The van der Waals surface area contributed by atoms with Gasteiger partial charge >= 0.3 is 5.97 Å². The topological polar surface area (TPSA) is 59.2 Å². The third-order valence-electron chi connectivity index (χ3n) is 1.81. The first-order chi connectivity index (χ1) is 7.52. The van der Waals surface area contributed by atoms with Gasteiger partial charge in [0.05, 0.1) is 18.7 Å². The van der Waals surface area contributed by atoms with Crippen LogP contribution in [0.15, 0.2) is 16.9 Å². The third kappa shape index (κ3) is 3.45. The van der Waals surface area contributed by atoms with Crippen LogP contribution in [0.3, 0.4) is 0 Å². The van der Waals surface area contributed by atoms with Gasteiger partial charge in [0.25, 0.3) is 6.43 Å². The predicted molar refractivity (Wildman–Crippen MR) is 52.4 cm³/mol. The fourth-order valence-electron chi connectivity index (χ4n) is 1.22. The normalized spacial score (nSPS) is 10.5. The van der Waals surface area contributed by atoms with Gasteiger partial charge in [-0.3, -0.25) is 9.59 Å². The first-order valence-electron chi connectivity index (χ1n) is 4.70. The number of rotatable bonds is 4. The number of hydrogen-bond donors (Lipinski definition) is 1. The van der Waals surface area contributed by atoms with Crippen molar-refractivity contribution in [1.82, 2.24) is 4.98 Å². The van der Waals surface area contributed by atoms with E-state index in [9.17, 15) is 18.4 Å². The molecular weight excluding hydrogens is 220 g/mol. The van der Waals surface area contributed by atoms with Crippen molar-refractivity contribution in [3.8, 4) is 0 Å². The summed E-state index contributed by atoms with van der Waals surface area (Å²) in [4.78, 5) is 24.1. The largest absolute Gasteiger partial charge is 0.466 e. The Morgan fingerprint density at radius 2 is 2.19 bits per heavy atom. The Labute approximate surface area is 90.2 Å². The number of aromatic nitrogens is 1. The Kier molecular flexibility index (Phi) is 4.16. The molecule has 6 heteroatoms. The minimum atomic E-state index is -2.77. The zero-order valence-electron chi connectivity index (χ0n) is 8.63. The quantitative estimate of drug-likeness (QED) is 0.797. The molecule has 0 spiro atoms. The number of H-pyrrole nitrogens is 1. The molecule has 0 bridgehead atoms. The molecule has 1 aromatic heterocycles. The average Bonchev–Trinajstić information content (AvgIpc) is 2.16. The van der Waals surface area contributed by atoms with E-state index in [0.717, 1.165) is 12.1 Å². The van der Waals surface area contributed by atoms with Crippen LogP contribution in [-0.4, -0.2) is 17.6 Å². The van der Waals surface area contributed by atoms with E-state index in [4.69, 9.17) is 0 Å². The lowest BCUT2D eigenvalue weighted by Gasteiger charge is -2.04. The highest BCUT2D eigenvalue weighted by atomic mass is 19.3. The number of ether oxygens (including phenoxy) is 1. The van der Waals surface area contributed by atoms with Crippen molar-refractivity contribution in [2.45, 2.75) is 19.8 Å². The fraction of sp³-hybridized carbons (Fsp3) is 0.400. The SMILES string of the molecule is CCOC(=O)Cc1cc(C(F)F)[nH]c(=O)c1. The number of carbonyl (C=O) groups excluding carboxylic acids is 1. The second-order valence-corrected chi connectivity index (χ2v) is 3.09. The van der Waals surface area contributed by atoms with E-state index < -0.39 is 23.6 Å². The summed E-state index contributed by atoms with van der Waals surface area (Å²) in [6.45, 7) is 1.85. The summed E-state index contributed by atoms with van der Waals surface area (Å²) in [6, 6.07) is 2.19. The Morgan fingerprint density at radius 3 is 2.75 bits per heavy atom. The number of esters is 1. The molecule has 0 saturated carbocycles. The lowest BCUT2D eigenvalue weighted by molar-refractivity contribution is -0.142. The minimum absolute atomic E-state index is 0.183. The van der Waals surface area contributed by atoms with Crippen LogP contribution in [-0.2, 0) is 16.0 Å². The third-order valence-corrected chi connectivity index (χ3v) is 1.81. The first kappa shape index (κ1) is 12.4. The number of nitrogens with one attached hydrogen (secondary N) is 1. The number of carbonyl (C=O) groups is 1. The zero-order valence-corrected chi connectivity index (χ0v) is 8.63. The molecule has 0 aromatic carbocycles. The van der Waals surface area contributed by atoms with Crippen molar-refractivity contribution in [2.75, 3.05) is 6.61 Å². The van der Waals surface area contributed by atoms with Gasteiger partial charge in [-0.25, -0.2) is 8.78 Å². The number of alkyl halides is 2. The number of pyridine rings is 1. The Bertz CT molecular complexity index is 428. The second kappa shape index (κ2) is 5.39. The van der Waals surface area contributed by atoms with Crippen LogP contribution in [0.1, 0.15) is 24.6 Å². The molecule has 4 nitrogen and oxygen atoms in total. The predicted octanol–water partition coefficient (Wildman–Crippen LogP) is 1.42. The minimum Gasteiger partial charge on any atom is -0.466 e. The molecular formula is C10H11F2NO3. The van der Waals surface area contributed by atoms with Gasteiger partial charge in [-0.2, -0.15) is 0 Å². The zero-order chi connectivity index (χ0) is 12.1. The summed E-state index contributed by atoms with van der Waals surface area (Å²) in [7, 11) is 0. The Balaban J connectivity index is 2.88. The van der Waals surface area contributed by atoms with Gasteiger partial charge in [0.2, 0.25) is 5.56 Å². The first-order valence-corrected chi connectivity index (χ1v) is 4.70. The maximum atomic E-state index is 12.3. The Morgan fingerprint density at radius 1 is 1.50 bits per heavy atom. The summed E-state index contributed by atoms with van der Waals surface area (Å²) in [5, 5.41) is 0. The lowest BCUT2D eigenvalue weighted by atomic mass is 10.1. The van der Waals surface area contributed by atoms with Crippen LogP contribution in [0, 0.1) is 0 Å². The molecule has 0 atom stereocenters. The van der Waals surface area contributed by atoms with Gasteiger partial charge in [-0.15, -0.1) is 0 Å². The fourth-order valence-corrected chi connectivity index (χ4v) is 1.22. The van der Waals surface area contributed by atoms with Crippen LogP contribution in [0.4, 0.5) is 8.78 Å². The standard InChI is InChI=1S/C10H11F2NO3/c1-2-16-9(15)5-6-3-7(10(11)12)13-8(14)4-6/h3-4,10H,2,5H2,1H3,(H,13,14). The molecule has 0 saturated heterocycles. The summed E-state index contributed by atoms with van der Waals surface area (Å²) in [6.07, 6.45) is -2.95. The molecule has 88 valence electrons. The lowest BCUT2D eigenvalue weighted by Crippen LogP contribution is -2.13. The van der Waals surface area contributed by atoms with Crippen molar-refractivity contribution < 1.29 is 18.3 Å².